The molecular formula is C20H27N7O3S. The van der Waals surface area contributed by atoms with E-state index in [1.807, 2.05) is 33.8 Å². The summed E-state index contributed by atoms with van der Waals surface area (Å²) >= 11 is 0. The van der Waals surface area contributed by atoms with Gasteiger partial charge in [0.25, 0.3) is 15.6 Å². The summed E-state index contributed by atoms with van der Waals surface area (Å²) in [6.45, 7) is 8.77. The summed E-state index contributed by atoms with van der Waals surface area (Å²) in [6.07, 6.45) is 1.56. The highest BCUT2D eigenvalue weighted by molar-refractivity contribution is 7.89. The van der Waals surface area contributed by atoms with Gasteiger partial charge in [-0.05, 0) is 26.0 Å². The average Bonchev–Trinajstić information content (AvgIpc) is 3.21. The molecule has 1 saturated heterocycles. The standard InChI is InChI=1S/C20H27N7O3S/c1-13(2)20-21-18(12-24(20)5)31(29,30)25-9-16(10-25)11-26-19(28)7-6-17(23-26)27-15(4)8-14(3)22-27/h6-8,12-13,16H,9-11H2,1-5H3. The second-order valence-corrected chi connectivity index (χ2v) is 10.3. The van der Waals surface area contributed by atoms with E-state index in [0.29, 0.717) is 25.5 Å². The number of imidazole rings is 1. The molecule has 3 aromatic rings. The molecule has 1 aliphatic heterocycles. The Morgan fingerprint density at radius 2 is 1.87 bits per heavy atom. The molecule has 1 aliphatic rings. The third-order valence-electron chi connectivity index (χ3n) is 5.44. The van der Waals surface area contributed by atoms with Crippen LogP contribution in [0.4, 0.5) is 0 Å². The molecule has 0 spiro atoms. The zero-order valence-corrected chi connectivity index (χ0v) is 19.2. The minimum atomic E-state index is -3.65. The molecule has 3 aromatic heterocycles. The van der Waals surface area contributed by atoms with Crippen molar-refractivity contribution in [2.75, 3.05) is 13.1 Å². The number of aryl methyl sites for hydroxylation is 3. The Hall–Kier alpha value is -2.79. The van der Waals surface area contributed by atoms with E-state index < -0.39 is 10.0 Å². The van der Waals surface area contributed by atoms with Crippen LogP contribution in [-0.4, -0.2) is 54.9 Å². The van der Waals surface area contributed by atoms with E-state index in [1.165, 1.54) is 15.1 Å². The third kappa shape index (κ3) is 3.94. The maximum absolute atomic E-state index is 12.9. The topological polar surface area (TPSA) is 108 Å². The molecular weight excluding hydrogens is 418 g/mol. The third-order valence-corrected chi connectivity index (χ3v) is 7.15. The van der Waals surface area contributed by atoms with Crippen LogP contribution in [0.5, 0.6) is 0 Å². The Morgan fingerprint density at radius 3 is 2.45 bits per heavy atom. The summed E-state index contributed by atoms with van der Waals surface area (Å²) in [5, 5.41) is 8.91. The van der Waals surface area contributed by atoms with Crippen LogP contribution in [0.25, 0.3) is 5.82 Å². The maximum atomic E-state index is 12.9. The Bertz CT molecular complexity index is 1280. The van der Waals surface area contributed by atoms with Gasteiger partial charge in [0.1, 0.15) is 5.82 Å². The molecule has 0 atom stereocenters. The zero-order chi connectivity index (χ0) is 22.5. The molecule has 0 aliphatic carbocycles. The predicted molar refractivity (Wildman–Crippen MR) is 115 cm³/mol. The molecule has 1 fully saturated rings. The van der Waals surface area contributed by atoms with Crippen molar-refractivity contribution in [3.05, 3.63) is 52.0 Å². The second kappa shape index (κ2) is 7.72. The fourth-order valence-electron chi connectivity index (χ4n) is 3.87. The number of sulfonamides is 1. The minimum Gasteiger partial charge on any atom is -0.336 e. The molecule has 0 unspecified atom stereocenters. The lowest BCUT2D eigenvalue weighted by molar-refractivity contribution is 0.172. The van der Waals surface area contributed by atoms with Crippen LogP contribution in [0.2, 0.25) is 0 Å². The van der Waals surface area contributed by atoms with Gasteiger partial charge in [-0.25, -0.2) is 22.8 Å². The lowest BCUT2D eigenvalue weighted by Crippen LogP contribution is -2.52. The van der Waals surface area contributed by atoms with Gasteiger partial charge in [0.2, 0.25) is 0 Å². The fraction of sp³-hybridized carbons (Fsp3) is 0.500. The maximum Gasteiger partial charge on any atom is 0.266 e. The highest BCUT2D eigenvalue weighted by Gasteiger charge is 2.38. The van der Waals surface area contributed by atoms with Gasteiger partial charge in [0.05, 0.1) is 12.2 Å². The molecule has 0 saturated carbocycles. The molecule has 31 heavy (non-hydrogen) atoms. The number of nitrogens with zero attached hydrogens (tertiary/aromatic N) is 7. The summed E-state index contributed by atoms with van der Waals surface area (Å²) in [5.74, 6) is 1.42. The Labute approximate surface area is 181 Å². The molecule has 0 amide bonds. The van der Waals surface area contributed by atoms with Crippen LogP contribution in [0.15, 0.2) is 34.2 Å². The first-order valence-electron chi connectivity index (χ1n) is 10.2. The first-order valence-corrected chi connectivity index (χ1v) is 11.7. The highest BCUT2D eigenvalue weighted by atomic mass is 32.2. The van der Waals surface area contributed by atoms with Crippen LogP contribution in [-0.2, 0) is 23.6 Å². The van der Waals surface area contributed by atoms with Gasteiger partial charge in [-0.15, -0.1) is 5.10 Å². The number of rotatable bonds is 6. The number of hydrogen-bond donors (Lipinski definition) is 0. The molecule has 0 aromatic carbocycles. The molecule has 0 N–H and O–H groups in total. The monoisotopic (exact) mass is 445 g/mol. The smallest absolute Gasteiger partial charge is 0.266 e. The minimum absolute atomic E-state index is 0.00367. The summed E-state index contributed by atoms with van der Waals surface area (Å²) in [4.78, 5) is 16.6. The van der Waals surface area contributed by atoms with E-state index >= 15 is 0 Å². The molecule has 0 radical (unpaired) electrons. The SMILES string of the molecule is Cc1cc(C)n(-c2ccc(=O)n(CC3CN(S(=O)(=O)c4cn(C)c(C(C)C)n4)C3)n2)n1. The van der Waals surface area contributed by atoms with Gasteiger partial charge >= 0.3 is 0 Å². The quantitative estimate of drug-likeness (QED) is 0.565. The van der Waals surface area contributed by atoms with Gasteiger partial charge < -0.3 is 4.57 Å². The summed E-state index contributed by atoms with van der Waals surface area (Å²) in [7, 11) is -1.85. The molecule has 11 heteroatoms. The normalized spacial score (nSPS) is 15.5. The van der Waals surface area contributed by atoms with Crippen LogP contribution in [0.1, 0.15) is 37.0 Å². The van der Waals surface area contributed by atoms with Crippen molar-refractivity contribution in [3.8, 4) is 5.82 Å². The second-order valence-electron chi connectivity index (χ2n) is 8.44. The predicted octanol–water partition coefficient (Wildman–Crippen LogP) is 1.22. The number of hydrogen-bond acceptors (Lipinski definition) is 6. The average molecular weight is 446 g/mol. The Morgan fingerprint density at radius 1 is 1.16 bits per heavy atom. The highest BCUT2D eigenvalue weighted by Crippen LogP contribution is 2.26. The van der Waals surface area contributed by atoms with Crippen molar-refractivity contribution in [1.82, 2.24) is 33.4 Å². The first kappa shape index (κ1) is 21.4. The van der Waals surface area contributed by atoms with Crippen LogP contribution < -0.4 is 5.56 Å². The van der Waals surface area contributed by atoms with E-state index in [9.17, 15) is 13.2 Å². The van der Waals surface area contributed by atoms with Crippen LogP contribution in [0, 0.1) is 19.8 Å². The fourth-order valence-corrected chi connectivity index (χ4v) is 5.45. The van der Waals surface area contributed by atoms with Gasteiger partial charge in [0.15, 0.2) is 10.8 Å². The molecule has 4 heterocycles. The Balaban J connectivity index is 1.48. The van der Waals surface area contributed by atoms with Crippen LogP contribution >= 0.6 is 0 Å². The van der Waals surface area contributed by atoms with E-state index in [4.69, 9.17) is 0 Å². The molecule has 4 rings (SSSR count). The van der Waals surface area contributed by atoms with Crippen molar-refractivity contribution in [3.63, 3.8) is 0 Å². The lowest BCUT2D eigenvalue weighted by atomic mass is 10.0. The van der Waals surface area contributed by atoms with Crippen molar-refractivity contribution in [1.29, 1.82) is 0 Å². The van der Waals surface area contributed by atoms with Gasteiger partial charge in [0, 0.05) is 49.9 Å². The van der Waals surface area contributed by atoms with Crippen molar-refractivity contribution < 1.29 is 8.42 Å². The van der Waals surface area contributed by atoms with E-state index in [1.54, 1.807) is 28.6 Å². The van der Waals surface area contributed by atoms with E-state index in [-0.39, 0.29) is 22.4 Å². The van der Waals surface area contributed by atoms with Crippen molar-refractivity contribution in [2.45, 2.75) is 45.2 Å². The van der Waals surface area contributed by atoms with Gasteiger partial charge in [-0.2, -0.15) is 9.40 Å². The first-order chi connectivity index (χ1) is 14.6. The zero-order valence-electron chi connectivity index (χ0n) is 18.3. The molecule has 0 bridgehead atoms. The van der Waals surface area contributed by atoms with E-state index in [0.717, 1.165) is 17.2 Å². The summed E-state index contributed by atoms with van der Waals surface area (Å²) in [6, 6.07) is 5.05. The van der Waals surface area contributed by atoms with Gasteiger partial charge in [-0.1, -0.05) is 13.8 Å². The van der Waals surface area contributed by atoms with Crippen LogP contribution in [0.3, 0.4) is 0 Å². The van der Waals surface area contributed by atoms with Crippen molar-refractivity contribution in [2.24, 2.45) is 13.0 Å². The lowest BCUT2D eigenvalue weighted by Gasteiger charge is -2.37. The Kier molecular flexibility index (Phi) is 5.34. The van der Waals surface area contributed by atoms with Crippen molar-refractivity contribution >= 4 is 10.0 Å². The van der Waals surface area contributed by atoms with E-state index in [2.05, 4.69) is 15.2 Å². The largest absolute Gasteiger partial charge is 0.336 e. The van der Waals surface area contributed by atoms with Gasteiger partial charge in [-0.3, -0.25) is 4.79 Å². The summed E-state index contributed by atoms with van der Waals surface area (Å²) in [5.41, 5.74) is 1.57. The molecule has 10 nitrogen and oxygen atoms in total. The molecule has 166 valence electrons. The number of aromatic nitrogens is 6. The summed E-state index contributed by atoms with van der Waals surface area (Å²) < 4.78 is 32.0.